The number of carbonyl (C=O) groups is 1. The number of nitrogens with zero attached hydrogens (tertiary/aromatic N) is 2. The van der Waals surface area contributed by atoms with Gasteiger partial charge in [-0.05, 0) is 31.5 Å². The van der Waals surface area contributed by atoms with Gasteiger partial charge in [-0.2, -0.15) is 0 Å². The van der Waals surface area contributed by atoms with Crippen molar-refractivity contribution in [1.29, 1.82) is 0 Å². The Bertz CT molecular complexity index is 878. The van der Waals surface area contributed by atoms with E-state index in [1.54, 1.807) is 32.0 Å². The van der Waals surface area contributed by atoms with Crippen molar-refractivity contribution >= 4 is 22.7 Å². The Hall–Kier alpha value is -2.96. The molecule has 7 heteroatoms. The maximum absolute atomic E-state index is 13.7. The number of halogens is 1. The van der Waals surface area contributed by atoms with Crippen molar-refractivity contribution in [3.8, 4) is 5.75 Å². The number of pyridine rings is 1. The van der Waals surface area contributed by atoms with Gasteiger partial charge < -0.3 is 14.6 Å². The molecule has 0 aliphatic heterocycles. The van der Waals surface area contributed by atoms with Crippen LogP contribution in [0.15, 0.2) is 41.1 Å². The summed E-state index contributed by atoms with van der Waals surface area (Å²) >= 11 is 0. The SMILES string of the molecule is CCC(Oc1ccccc1F)C(=O)Nc1cnc2onc(C)c2c1. The van der Waals surface area contributed by atoms with E-state index in [4.69, 9.17) is 9.26 Å². The number of hydrogen-bond acceptors (Lipinski definition) is 5. The zero-order valence-corrected chi connectivity index (χ0v) is 13.2. The van der Waals surface area contributed by atoms with Gasteiger partial charge >= 0.3 is 0 Å². The number of rotatable bonds is 5. The van der Waals surface area contributed by atoms with Crippen molar-refractivity contribution in [2.75, 3.05) is 5.32 Å². The quantitative estimate of drug-likeness (QED) is 0.775. The van der Waals surface area contributed by atoms with E-state index in [9.17, 15) is 9.18 Å². The van der Waals surface area contributed by atoms with Crippen molar-refractivity contribution in [3.05, 3.63) is 48.0 Å². The first-order valence-electron chi connectivity index (χ1n) is 7.52. The molecule has 0 aliphatic rings. The van der Waals surface area contributed by atoms with Crippen LogP contribution >= 0.6 is 0 Å². The van der Waals surface area contributed by atoms with Gasteiger partial charge in [0.1, 0.15) is 0 Å². The van der Waals surface area contributed by atoms with Crippen LogP contribution in [0.3, 0.4) is 0 Å². The number of carbonyl (C=O) groups excluding carboxylic acids is 1. The minimum Gasteiger partial charge on any atom is -0.478 e. The van der Waals surface area contributed by atoms with Crippen LogP contribution in [0, 0.1) is 12.7 Å². The molecule has 3 aromatic rings. The normalized spacial score (nSPS) is 12.1. The molecule has 24 heavy (non-hydrogen) atoms. The number of anilines is 1. The third-order valence-electron chi connectivity index (χ3n) is 3.55. The first-order valence-corrected chi connectivity index (χ1v) is 7.52. The highest BCUT2D eigenvalue weighted by molar-refractivity contribution is 5.95. The predicted molar refractivity (Wildman–Crippen MR) is 86.3 cm³/mol. The van der Waals surface area contributed by atoms with E-state index >= 15 is 0 Å². The number of aryl methyl sites for hydroxylation is 1. The van der Waals surface area contributed by atoms with Gasteiger partial charge in [-0.25, -0.2) is 9.37 Å². The Morgan fingerprint density at radius 1 is 1.42 bits per heavy atom. The van der Waals surface area contributed by atoms with Gasteiger partial charge in [-0.3, -0.25) is 4.79 Å². The second-order valence-electron chi connectivity index (χ2n) is 5.28. The first-order chi connectivity index (χ1) is 11.6. The lowest BCUT2D eigenvalue weighted by Crippen LogP contribution is -2.32. The van der Waals surface area contributed by atoms with Crippen LogP contribution in [0.2, 0.25) is 0 Å². The first kappa shape index (κ1) is 15.9. The molecule has 1 unspecified atom stereocenters. The lowest BCUT2D eigenvalue weighted by Gasteiger charge is -2.17. The largest absolute Gasteiger partial charge is 0.478 e. The molecular weight excluding hydrogens is 313 g/mol. The summed E-state index contributed by atoms with van der Waals surface area (Å²) in [5.74, 6) is -0.842. The molecule has 1 atom stereocenters. The Morgan fingerprint density at radius 3 is 2.96 bits per heavy atom. The molecule has 3 rings (SSSR count). The van der Waals surface area contributed by atoms with Gasteiger partial charge in [-0.1, -0.05) is 24.2 Å². The summed E-state index contributed by atoms with van der Waals surface area (Å²) in [5, 5.41) is 7.26. The Labute approximate surface area is 137 Å². The molecule has 1 aromatic carbocycles. The molecule has 0 aliphatic carbocycles. The lowest BCUT2D eigenvalue weighted by atomic mass is 10.2. The molecule has 0 saturated carbocycles. The predicted octanol–water partition coefficient (Wildman–Crippen LogP) is 3.47. The number of amides is 1. The molecule has 0 spiro atoms. The van der Waals surface area contributed by atoms with Gasteiger partial charge in [-0.15, -0.1) is 0 Å². The van der Waals surface area contributed by atoms with Crippen LogP contribution in [0.4, 0.5) is 10.1 Å². The second kappa shape index (κ2) is 6.66. The molecule has 1 N–H and O–H groups in total. The highest BCUT2D eigenvalue weighted by atomic mass is 19.1. The highest BCUT2D eigenvalue weighted by Gasteiger charge is 2.20. The highest BCUT2D eigenvalue weighted by Crippen LogP contribution is 2.21. The van der Waals surface area contributed by atoms with E-state index in [1.165, 1.54) is 18.3 Å². The average molecular weight is 329 g/mol. The third kappa shape index (κ3) is 3.19. The van der Waals surface area contributed by atoms with Crippen LogP contribution in [-0.4, -0.2) is 22.2 Å². The molecule has 0 fully saturated rings. The summed E-state index contributed by atoms with van der Waals surface area (Å²) in [5.41, 5.74) is 1.58. The van der Waals surface area contributed by atoms with E-state index < -0.39 is 11.9 Å². The second-order valence-corrected chi connectivity index (χ2v) is 5.28. The molecule has 0 bridgehead atoms. The van der Waals surface area contributed by atoms with Crippen LogP contribution in [0.1, 0.15) is 19.0 Å². The van der Waals surface area contributed by atoms with Crippen LogP contribution in [0.25, 0.3) is 11.1 Å². The van der Waals surface area contributed by atoms with Gasteiger partial charge in [0.05, 0.1) is 23.0 Å². The molecular formula is C17H16FN3O3. The van der Waals surface area contributed by atoms with Crippen molar-refractivity contribution < 1.29 is 18.4 Å². The monoisotopic (exact) mass is 329 g/mol. The van der Waals surface area contributed by atoms with Crippen molar-refractivity contribution in [3.63, 3.8) is 0 Å². The van der Waals surface area contributed by atoms with Crippen molar-refractivity contribution in [1.82, 2.24) is 10.1 Å². The van der Waals surface area contributed by atoms with E-state index in [2.05, 4.69) is 15.5 Å². The maximum Gasteiger partial charge on any atom is 0.265 e. The molecule has 1 amide bonds. The van der Waals surface area contributed by atoms with Crippen LogP contribution in [0.5, 0.6) is 5.75 Å². The third-order valence-corrected chi connectivity index (χ3v) is 3.55. The van der Waals surface area contributed by atoms with E-state index in [0.717, 1.165) is 5.39 Å². The minimum atomic E-state index is -0.818. The summed E-state index contributed by atoms with van der Waals surface area (Å²) < 4.78 is 24.2. The van der Waals surface area contributed by atoms with Gasteiger partial charge in [0.15, 0.2) is 17.7 Å². The zero-order chi connectivity index (χ0) is 17.1. The number of benzene rings is 1. The summed E-state index contributed by atoms with van der Waals surface area (Å²) in [6.45, 7) is 3.58. The lowest BCUT2D eigenvalue weighted by molar-refractivity contribution is -0.122. The van der Waals surface area contributed by atoms with Crippen molar-refractivity contribution in [2.24, 2.45) is 0 Å². The fraction of sp³-hybridized carbons (Fsp3) is 0.235. The number of fused-ring (bicyclic) bond motifs is 1. The number of aromatic nitrogens is 2. The topological polar surface area (TPSA) is 77.2 Å². The fourth-order valence-corrected chi connectivity index (χ4v) is 2.25. The summed E-state index contributed by atoms with van der Waals surface area (Å²) in [6, 6.07) is 7.70. The molecule has 124 valence electrons. The van der Waals surface area contributed by atoms with Gasteiger partial charge in [0, 0.05) is 0 Å². The Kier molecular flexibility index (Phi) is 4.41. The van der Waals surface area contributed by atoms with E-state index in [1.807, 2.05) is 0 Å². The Balaban J connectivity index is 1.76. The van der Waals surface area contributed by atoms with E-state index in [0.29, 0.717) is 23.5 Å². The number of nitrogens with one attached hydrogen (secondary N) is 1. The molecule has 0 saturated heterocycles. The molecule has 2 heterocycles. The fourth-order valence-electron chi connectivity index (χ4n) is 2.25. The number of ether oxygens (including phenoxy) is 1. The molecule has 0 radical (unpaired) electrons. The maximum atomic E-state index is 13.7. The number of para-hydroxylation sites is 1. The Morgan fingerprint density at radius 2 is 2.21 bits per heavy atom. The van der Waals surface area contributed by atoms with Crippen molar-refractivity contribution in [2.45, 2.75) is 26.4 Å². The smallest absolute Gasteiger partial charge is 0.265 e. The molecule has 2 aromatic heterocycles. The summed E-state index contributed by atoms with van der Waals surface area (Å²) in [6.07, 6.45) is 1.05. The standard InChI is InChI=1S/C17H16FN3O3/c1-3-14(23-15-7-5-4-6-13(15)18)16(22)20-11-8-12-10(2)21-24-17(12)19-9-11/h4-9,14H,3H2,1-2H3,(H,20,22). The van der Waals surface area contributed by atoms with Crippen LogP contribution in [-0.2, 0) is 4.79 Å². The summed E-state index contributed by atoms with van der Waals surface area (Å²) in [4.78, 5) is 16.5. The van der Waals surface area contributed by atoms with E-state index in [-0.39, 0.29) is 11.7 Å². The summed E-state index contributed by atoms with van der Waals surface area (Å²) in [7, 11) is 0. The molecule has 6 nitrogen and oxygen atoms in total. The minimum absolute atomic E-state index is 0.0444. The van der Waals surface area contributed by atoms with Crippen LogP contribution < -0.4 is 10.1 Å². The zero-order valence-electron chi connectivity index (χ0n) is 13.2. The number of hydrogen-bond donors (Lipinski definition) is 1. The average Bonchev–Trinajstić information content (AvgIpc) is 2.95. The van der Waals surface area contributed by atoms with Gasteiger partial charge in [0.25, 0.3) is 11.6 Å². The van der Waals surface area contributed by atoms with Gasteiger partial charge in [0.2, 0.25) is 0 Å².